The van der Waals surface area contributed by atoms with Gasteiger partial charge in [0.15, 0.2) is 5.16 Å². The van der Waals surface area contributed by atoms with Gasteiger partial charge in [0.25, 0.3) is 0 Å². The Bertz CT molecular complexity index is 840. The number of imidazole rings is 1. The van der Waals surface area contributed by atoms with Crippen molar-refractivity contribution in [1.82, 2.24) is 9.55 Å². The number of aromatic nitrogens is 2. The van der Waals surface area contributed by atoms with Crippen molar-refractivity contribution in [2.45, 2.75) is 25.4 Å². The van der Waals surface area contributed by atoms with Crippen LogP contribution in [0, 0.1) is 0 Å². The van der Waals surface area contributed by atoms with Gasteiger partial charge in [0.1, 0.15) is 11.5 Å². The first-order valence-electron chi connectivity index (χ1n) is 8.02. The lowest BCUT2D eigenvalue weighted by molar-refractivity contribution is -0.116. The molecule has 1 aromatic heterocycles. The zero-order valence-electron chi connectivity index (χ0n) is 13.9. The number of hydrogen-bond donors (Lipinski definition) is 0. The van der Waals surface area contributed by atoms with E-state index in [1.165, 1.54) is 0 Å². The number of thioether (sulfide) groups is 1. The fraction of sp³-hybridized carbons (Fsp3) is 0.263. The number of benzene rings is 2. The molecule has 124 valence electrons. The van der Waals surface area contributed by atoms with E-state index in [0.717, 1.165) is 33.4 Å². The molecule has 2 aromatic carbocycles. The molecule has 3 aromatic rings. The Kier molecular flexibility index (Phi) is 5.20. The maximum absolute atomic E-state index is 11.2. The van der Waals surface area contributed by atoms with Crippen LogP contribution in [0.3, 0.4) is 0 Å². The van der Waals surface area contributed by atoms with Crippen LogP contribution in [0.1, 0.15) is 20.3 Å². The lowest BCUT2D eigenvalue weighted by atomic mass is 10.2. The Morgan fingerprint density at radius 2 is 1.92 bits per heavy atom. The third-order valence-electron chi connectivity index (χ3n) is 3.62. The summed E-state index contributed by atoms with van der Waals surface area (Å²) in [7, 11) is 0. The maximum atomic E-state index is 11.2. The summed E-state index contributed by atoms with van der Waals surface area (Å²) in [6.45, 7) is 4.25. The number of hydrogen-bond acceptors (Lipinski definition) is 4. The molecular formula is C19H20N2O2S. The van der Waals surface area contributed by atoms with Gasteiger partial charge < -0.3 is 4.74 Å². The molecule has 0 aliphatic carbocycles. The fourth-order valence-corrected chi connectivity index (χ4v) is 3.56. The van der Waals surface area contributed by atoms with Crippen LogP contribution >= 0.6 is 11.8 Å². The first kappa shape index (κ1) is 16.6. The Hall–Kier alpha value is -2.27. The first-order valence-corrected chi connectivity index (χ1v) is 9.00. The second-order valence-electron chi connectivity index (χ2n) is 5.45. The molecule has 4 nitrogen and oxygen atoms in total. The molecule has 0 spiro atoms. The number of ether oxygens (including phenoxy) is 1. The quantitative estimate of drug-likeness (QED) is 0.594. The van der Waals surface area contributed by atoms with Gasteiger partial charge in [-0.15, -0.1) is 0 Å². The summed E-state index contributed by atoms with van der Waals surface area (Å²) in [5.41, 5.74) is 3.06. The van der Waals surface area contributed by atoms with Crippen molar-refractivity contribution in [2.75, 3.05) is 12.4 Å². The van der Waals surface area contributed by atoms with Gasteiger partial charge in [-0.2, -0.15) is 0 Å². The van der Waals surface area contributed by atoms with Crippen molar-refractivity contribution >= 4 is 28.6 Å². The Morgan fingerprint density at radius 1 is 1.17 bits per heavy atom. The number of ketones is 1. The van der Waals surface area contributed by atoms with Crippen LogP contribution in [-0.2, 0) is 4.79 Å². The normalized spacial score (nSPS) is 10.9. The maximum Gasteiger partial charge on any atom is 0.173 e. The van der Waals surface area contributed by atoms with Gasteiger partial charge in [0, 0.05) is 17.9 Å². The first-order chi connectivity index (χ1) is 11.7. The lowest BCUT2D eigenvalue weighted by Gasteiger charge is -2.10. The van der Waals surface area contributed by atoms with Gasteiger partial charge in [0.05, 0.1) is 17.6 Å². The highest BCUT2D eigenvalue weighted by Gasteiger charge is 2.13. The average molecular weight is 340 g/mol. The standard InChI is InChI=1S/C19H20N2O2S/c1-3-23-16-10-8-15(9-11-16)21-18-7-5-4-6-17(18)20-19(21)24-13-12-14(2)22/h4-11H,3,12-13H2,1-2H3. The third-order valence-corrected chi connectivity index (χ3v) is 4.56. The van der Waals surface area contributed by atoms with Gasteiger partial charge in [-0.3, -0.25) is 9.36 Å². The number of carbonyl (C=O) groups excluding carboxylic acids is 1. The molecule has 0 saturated carbocycles. The predicted octanol–water partition coefficient (Wildman–Crippen LogP) is 4.50. The van der Waals surface area contributed by atoms with E-state index in [9.17, 15) is 4.79 Å². The van der Waals surface area contributed by atoms with E-state index in [2.05, 4.69) is 10.6 Å². The zero-order valence-corrected chi connectivity index (χ0v) is 14.7. The highest BCUT2D eigenvalue weighted by atomic mass is 32.2. The summed E-state index contributed by atoms with van der Waals surface area (Å²) < 4.78 is 7.65. The van der Waals surface area contributed by atoms with Crippen LogP contribution < -0.4 is 4.74 Å². The Morgan fingerprint density at radius 3 is 2.62 bits per heavy atom. The van der Waals surface area contributed by atoms with Gasteiger partial charge in [-0.25, -0.2) is 4.98 Å². The van der Waals surface area contributed by atoms with Crippen LogP contribution in [0.15, 0.2) is 53.7 Å². The lowest BCUT2D eigenvalue weighted by Crippen LogP contribution is -1.99. The summed E-state index contributed by atoms with van der Waals surface area (Å²) in [6.07, 6.45) is 0.553. The van der Waals surface area contributed by atoms with Crippen LogP contribution in [-0.4, -0.2) is 27.7 Å². The molecule has 3 rings (SSSR count). The third kappa shape index (κ3) is 3.62. The van der Waals surface area contributed by atoms with Gasteiger partial charge in [0.2, 0.25) is 0 Å². The molecule has 0 aliphatic rings. The average Bonchev–Trinajstić information content (AvgIpc) is 2.94. The van der Waals surface area contributed by atoms with E-state index < -0.39 is 0 Å². The number of Topliss-reactive ketones (excluding diaryl/α,β-unsaturated/α-hetero) is 1. The molecule has 0 unspecified atom stereocenters. The van der Waals surface area contributed by atoms with E-state index in [1.54, 1.807) is 18.7 Å². The van der Waals surface area contributed by atoms with Crippen LogP contribution in [0.5, 0.6) is 5.75 Å². The van der Waals surface area contributed by atoms with Crippen LogP contribution in [0.2, 0.25) is 0 Å². The molecule has 0 bridgehead atoms. The van der Waals surface area contributed by atoms with Crippen molar-refractivity contribution in [1.29, 1.82) is 0 Å². The Balaban J connectivity index is 1.98. The second-order valence-corrected chi connectivity index (χ2v) is 6.51. The summed E-state index contributed by atoms with van der Waals surface area (Å²) in [5, 5.41) is 0.904. The smallest absolute Gasteiger partial charge is 0.173 e. The summed E-state index contributed by atoms with van der Waals surface area (Å²) in [5.74, 6) is 1.79. The van der Waals surface area contributed by atoms with E-state index in [1.807, 2.05) is 49.4 Å². The molecule has 24 heavy (non-hydrogen) atoms. The van der Waals surface area contributed by atoms with E-state index >= 15 is 0 Å². The molecule has 0 aliphatic heterocycles. The topological polar surface area (TPSA) is 44.1 Å². The van der Waals surface area contributed by atoms with Crippen molar-refractivity contribution in [3.8, 4) is 11.4 Å². The minimum Gasteiger partial charge on any atom is -0.494 e. The van der Waals surface area contributed by atoms with Crippen molar-refractivity contribution in [3.63, 3.8) is 0 Å². The minimum atomic E-state index is 0.200. The molecule has 0 atom stereocenters. The summed E-state index contributed by atoms with van der Waals surface area (Å²) in [4.78, 5) is 15.9. The SMILES string of the molecule is CCOc1ccc(-n2c(SCCC(C)=O)nc3ccccc32)cc1. The highest BCUT2D eigenvalue weighted by molar-refractivity contribution is 7.99. The van der Waals surface area contributed by atoms with Gasteiger partial charge in [-0.1, -0.05) is 23.9 Å². The zero-order chi connectivity index (χ0) is 16.9. The minimum absolute atomic E-state index is 0.200. The Labute approximate surface area is 145 Å². The van der Waals surface area contributed by atoms with E-state index in [0.29, 0.717) is 13.0 Å². The molecule has 0 N–H and O–H groups in total. The van der Waals surface area contributed by atoms with Crippen molar-refractivity contribution in [3.05, 3.63) is 48.5 Å². The van der Waals surface area contributed by atoms with Crippen molar-refractivity contribution < 1.29 is 9.53 Å². The number of rotatable bonds is 7. The molecule has 0 fully saturated rings. The van der Waals surface area contributed by atoms with Gasteiger partial charge in [-0.05, 0) is 50.2 Å². The molecular weight excluding hydrogens is 320 g/mol. The highest BCUT2D eigenvalue weighted by Crippen LogP contribution is 2.29. The summed E-state index contributed by atoms with van der Waals surface area (Å²) >= 11 is 1.61. The molecule has 0 saturated heterocycles. The monoisotopic (exact) mass is 340 g/mol. The van der Waals surface area contributed by atoms with E-state index in [4.69, 9.17) is 9.72 Å². The number of carbonyl (C=O) groups is 1. The fourth-order valence-electron chi connectivity index (χ4n) is 2.49. The molecule has 0 amide bonds. The van der Waals surface area contributed by atoms with Crippen LogP contribution in [0.4, 0.5) is 0 Å². The van der Waals surface area contributed by atoms with Gasteiger partial charge >= 0.3 is 0 Å². The number of fused-ring (bicyclic) bond motifs is 1. The second kappa shape index (κ2) is 7.53. The summed E-state index contributed by atoms with van der Waals surface area (Å²) in [6, 6.07) is 16.1. The number of nitrogens with zero attached hydrogens (tertiary/aromatic N) is 2. The largest absolute Gasteiger partial charge is 0.494 e. The van der Waals surface area contributed by atoms with Crippen LogP contribution in [0.25, 0.3) is 16.7 Å². The molecule has 1 heterocycles. The molecule has 5 heteroatoms. The van der Waals surface area contributed by atoms with Crippen molar-refractivity contribution in [2.24, 2.45) is 0 Å². The predicted molar refractivity (Wildman–Crippen MR) is 98.3 cm³/mol. The van der Waals surface area contributed by atoms with E-state index in [-0.39, 0.29) is 5.78 Å². The number of para-hydroxylation sites is 2. The molecule has 0 radical (unpaired) electrons.